The molecule has 1 aromatic rings. The van der Waals surface area contributed by atoms with Crippen LogP contribution in [0.15, 0.2) is 23.1 Å². The molecule has 1 fully saturated rings. The Labute approximate surface area is 123 Å². The number of alkyl halides is 3. The van der Waals surface area contributed by atoms with Crippen molar-refractivity contribution in [2.45, 2.75) is 17.5 Å². The van der Waals surface area contributed by atoms with Crippen LogP contribution in [0.25, 0.3) is 0 Å². The van der Waals surface area contributed by atoms with Gasteiger partial charge in [0, 0.05) is 13.1 Å². The van der Waals surface area contributed by atoms with Crippen molar-refractivity contribution in [3.8, 4) is 5.75 Å². The van der Waals surface area contributed by atoms with Crippen LogP contribution in [0.4, 0.5) is 13.2 Å². The summed E-state index contributed by atoms with van der Waals surface area (Å²) in [6.45, 7) is -0.470. The second kappa shape index (κ2) is 5.43. The average molecular weight is 339 g/mol. The highest BCUT2D eigenvalue weighted by molar-refractivity contribution is 7.89. The Balaban J connectivity index is 2.40. The molecular weight excluding hydrogens is 327 g/mol. The minimum atomic E-state index is -4.76. The van der Waals surface area contributed by atoms with Gasteiger partial charge >= 0.3 is 12.1 Å². The fourth-order valence-corrected chi connectivity index (χ4v) is 3.79. The molecule has 1 heterocycles. The number of hydrogen-bond donors (Lipinski definition) is 2. The Hall–Kier alpha value is -1.81. The summed E-state index contributed by atoms with van der Waals surface area (Å²) in [5.41, 5.74) is -1.21. The summed E-state index contributed by atoms with van der Waals surface area (Å²) in [5, 5.41) is 18.4. The zero-order valence-electron chi connectivity index (χ0n) is 11.0. The number of rotatable bonds is 3. The zero-order valence-corrected chi connectivity index (χ0v) is 11.9. The maximum Gasteiger partial charge on any atom is 0.416 e. The van der Waals surface area contributed by atoms with Gasteiger partial charge in [0.15, 0.2) is 0 Å². The third-order valence-corrected chi connectivity index (χ3v) is 5.30. The zero-order chi connectivity index (χ0) is 16.7. The first-order chi connectivity index (χ1) is 10.0. The molecule has 0 spiro atoms. The summed E-state index contributed by atoms with van der Waals surface area (Å²) in [4.78, 5) is 9.96. The van der Waals surface area contributed by atoms with E-state index in [1.165, 1.54) is 0 Å². The van der Waals surface area contributed by atoms with Crippen LogP contribution < -0.4 is 0 Å². The van der Waals surface area contributed by atoms with E-state index in [-0.39, 0.29) is 19.5 Å². The lowest BCUT2D eigenvalue weighted by atomic mass is 10.1. The molecule has 1 unspecified atom stereocenters. The number of phenolic OH excluding ortho intramolecular Hbond substituents is 1. The van der Waals surface area contributed by atoms with E-state index in [0.29, 0.717) is 18.2 Å². The lowest BCUT2D eigenvalue weighted by Crippen LogP contribution is -2.30. The van der Waals surface area contributed by atoms with E-state index in [1.54, 1.807) is 0 Å². The van der Waals surface area contributed by atoms with Gasteiger partial charge in [-0.1, -0.05) is 0 Å². The highest BCUT2D eigenvalue weighted by atomic mass is 32.2. The van der Waals surface area contributed by atoms with Crippen LogP contribution in [-0.2, 0) is 21.0 Å². The van der Waals surface area contributed by atoms with Crippen molar-refractivity contribution in [2.24, 2.45) is 5.92 Å². The van der Waals surface area contributed by atoms with Crippen molar-refractivity contribution in [2.75, 3.05) is 13.1 Å². The molecule has 22 heavy (non-hydrogen) atoms. The molecule has 1 aliphatic rings. The summed E-state index contributed by atoms with van der Waals surface area (Å²) in [5.74, 6) is -2.90. The molecule has 1 atom stereocenters. The van der Waals surface area contributed by atoms with Crippen molar-refractivity contribution in [3.63, 3.8) is 0 Å². The van der Waals surface area contributed by atoms with E-state index < -0.39 is 44.3 Å². The third kappa shape index (κ3) is 3.02. The van der Waals surface area contributed by atoms with Crippen molar-refractivity contribution in [1.82, 2.24) is 4.31 Å². The first kappa shape index (κ1) is 16.6. The fraction of sp³-hybridized carbons (Fsp3) is 0.417. The second-order valence-electron chi connectivity index (χ2n) is 4.87. The third-order valence-electron chi connectivity index (χ3n) is 3.41. The molecule has 1 aromatic carbocycles. The predicted molar refractivity (Wildman–Crippen MR) is 67.6 cm³/mol. The summed E-state index contributed by atoms with van der Waals surface area (Å²) in [6.07, 6.45) is -4.69. The summed E-state index contributed by atoms with van der Waals surface area (Å²) in [6, 6.07) is 1.57. The minimum Gasteiger partial charge on any atom is -0.507 e. The van der Waals surface area contributed by atoms with Crippen LogP contribution in [0.5, 0.6) is 5.75 Å². The number of hydrogen-bond acceptors (Lipinski definition) is 4. The summed E-state index contributed by atoms with van der Waals surface area (Å²) >= 11 is 0. The van der Waals surface area contributed by atoms with Gasteiger partial charge in [0.25, 0.3) is 0 Å². The number of sulfonamides is 1. The quantitative estimate of drug-likeness (QED) is 0.870. The van der Waals surface area contributed by atoms with Crippen molar-refractivity contribution >= 4 is 16.0 Å². The van der Waals surface area contributed by atoms with Gasteiger partial charge in [0.2, 0.25) is 10.0 Å². The second-order valence-corrected chi connectivity index (χ2v) is 6.77. The lowest BCUT2D eigenvalue weighted by Gasteiger charge is -2.18. The van der Waals surface area contributed by atoms with Crippen LogP contribution >= 0.6 is 0 Å². The molecule has 2 N–H and O–H groups in total. The van der Waals surface area contributed by atoms with E-state index in [4.69, 9.17) is 5.11 Å². The molecule has 6 nitrogen and oxygen atoms in total. The number of nitrogens with zero attached hydrogens (tertiary/aromatic N) is 1. The van der Waals surface area contributed by atoms with Crippen LogP contribution in [0, 0.1) is 5.92 Å². The lowest BCUT2D eigenvalue weighted by molar-refractivity contribution is -0.141. The molecule has 122 valence electrons. The molecule has 0 saturated carbocycles. The van der Waals surface area contributed by atoms with E-state index in [1.807, 2.05) is 0 Å². The minimum absolute atomic E-state index is 0.0638. The monoisotopic (exact) mass is 339 g/mol. The predicted octanol–water partition coefficient (Wildman–Crippen LogP) is 1.51. The first-order valence-corrected chi connectivity index (χ1v) is 7.60. The largest absolute Gasteiger partial charge is 0.507 e. The van der Waals surface area contributed by atoms with E-state index in [2.05, 4.69) is 0 Å². The topological polar surface area (TPSA) is 94.9 Å². The maximum absolute atomic E-state index is 12.7. The molecule has 10 heteroatoms. The first-order valence-electron chi connectivity index (χ1n) is 6.16. The van der Waals surface area contributed by atoms with Crippen molar-refractivity contribution < 1.29 is 36.6 Å². The number of carbonyl (C=O) groups is 1. The van der Waals surface area contributed by atoms with Crippen LogP contribution in [0.1, 0.15) is 12.0 Å². The van der Waals surface area contributed by atoms with Crippen molar-refractivity contribution in [3.05, 3.63) is 23.8 Å². The van der Waals surface area contributed by atoms with Crippen molar-refractivity contribution in [1.29, 1.82) is 0 Å². The van der Waals surface area contributed by atoms with Gasteiger partial charge in [-0.15, -0.1) is 0 Å². The molecular formula is C12H12F3NO5S. The molecule has 0 bridgehead atoms. The molecule has 0 aliphatic carbocycles. The Morgan fingerprint density at radius 3 is 2.45 bits per heavy atom. The van der Waals surface area contributed by atoms with Gasteiger partial charge in [0.05, 0.1) is 11.5 Å². The van der Waals surface area contributed by atoms with E-state index in [0.717, 1.165) is 4.31 Å². The molecule has 0 aromatic heterocycles. The number of carboxylic acids is 1. The number of aliphatic carboxylic acids is 1. The molecule has 0 radical (unpaired) electrons. The number of benzene rings is 1. The molecule has 1 saturated heterocycles. The summed E-state index contributed by atoms with van der Waals surface area (Å²) in [7, 11) is -4.40. The number of halogens is 3. The molecule has 0 amide bonds. The van der Waals surface area contributed by atoms with Crippen LogP contribution in [-0.4, -0.2) is 42.0 Å². The highest BCUT2D eigenvalue weighted by Gasteiger charge is 2.39. The van der Waals surface area contributed by atoms with Crippen LogP contribution in [0.3, 0.4) is 0 Å². The maximum atomic E-state index is 12.7. The Bertz CT molecular complexity index is 701. The smallest absolute Gasteiger partial charge is 0.416 e. The van der Waals surface area contributed by atoms with Gasteiger partial charge in [-0.05, 0) is 24.6 Å². The normalized spacial score (nSPS) is 20.2. The number of phenols is 1. The standard InChI is InChI=1S/C12H12F3NO5S/c13-12(14,15)8-1-2-9(17)10(5-8)22(20,21)16-4-3-7(6-16)11(18)19/h1-2,5,7,17H,3-4,6H2,(H,18,19). The van der Waals surface area contributed by atoms with Gasteiger partial charge in [-0.25, -0.2) is 8.42 Å². The van der Waals surface area contributed by atoms with Crippen LogP contribution in [0.2, 0.25) is 0 Å². The Kier molecular flexibility index (Phi) is 4.09. The summed E-state index contributed by atoms with van der Waals surface area (Å²) < 4.78 is 63.4. The molecule has 1 aliphatic heterocycles. The number of aromatic hydroxyl groups is 1. The number of carboxylic acid groups (broad SMARTS) is 1. The van der Waals surface area contributed by atoms with E-state index in [9.17, 15) is 31.5 Å². The van der Waals surface area contributed by atoms with Gasteiger partial charge in [-0.3, -0.25) is 4.79 Å². The fourth-order valence-electron chi connectivity index (χ4n) is 2.18. The van der Waals surface area contributed by atoms with Gasteiger partial charge in [0.1, 0.15) is 10.6 Å². The Morgan fingerprint density at radius 1 is 1.32 bits per heavy atom. The average Bonchev–Trinajstić information content (AvgIpc) is 2.87. The van der Waals surface area contributed by atoms with Gasteiger partial charge < -0.3 is 10.2 Å². The SMILES string of the molecule is O=C(O)C1CCN(S(=O)(=O)c2cc(C(F)(F)F)ccc2O)C1. The van der Waals surface area contributed by atoms with Gasteiger partial charge in [-0.2, -0.15) is 17.5 Å². The van der Waals surface area contributed by atoms with E-state index >= 15 is 0 Å². The molecule has 2 rings (SSSR count). The highest BCUT2D eigenvalue weighted by Crippen LogP contribution is 2.36. The Morgan fingerprint density at radius 2 is 1.95 bits per heavy atom.